The molecule has 0 amide bonds. The molecule has 0 radical (unpaired) electrons. The average Bonchev–Trinajstić information content (AvgIpc) is 3.07. The van der Waals surface area contributed by atoms with Crippen molar-refractivity contribution >= 4 is 0 Å². The third-order valence-corrected chi connectivity index (χ3v) is 5.51. The number of likely N-dealkylation sites (tertiary alicyclic amines) is 1. The van der Waals surface area contributed by atoms with E-state index in [1.54, 1.807) is 0 Å². The number of piperidine rings is 1. The van der Waals surface area contributed by atoms with E-state index in [9.17, 15) is 0 Å². The fraction of sp³-hybridized carbons (Fsp3) is 0.875. The highest BCUT2D eigenvalue weighted by molar-refractivity contribution is 5.12. The Labute approximate surface area is 128 Å². The molecule has 3 heterocycles. The predicted octanol–water partition coefficient (Wildman–Crippen LogP) is 1.87. The van der Waals surface area contributed by atoms with E-state index in [4.69, 9.17) is 0 Å². The molecule has 1 aromatic rings. The number of hydrogen-bond acceptors (Lipinski definition) is 4. The van der Waals surface area contributed by atoms with Gasteiger partial charge in [0.2, 0.25) is 0 Å². The van der Waals surface area contributed by atoms with Gasteiger partial charge in [-0.1, -0.05) is 6.92 Å². The molecule has 2 aliphatic heterocycles. The molecule has 0 aromatic carbocycles. The second-order valence-electron chi connectivity index (χ2n) is 7.06. The van der Waals surface area contributed by atoms with E-state index in [0.717, 1.165) is 26.1 Å². The van der Waals surface area contributed by atoms with Gasteiger partial charge in [-0.25, -0.2) is 0 Å². The normalized spacial score (nSPS) is 26.0. The lowest BCUT2D eigenvalue weighted by Gasteiger charge is -2.43. The third kappa shape index (κ3) is 2.73. The molecule has 0 aliphatic carbocycles. The van der Waals surface area contributed by atoms with Crippen molar-refractivity contribution in [3.63, 3.8) is 0 Å². The molecule has 118 valence electrons. The number of rotatable bonds is 4. The summed E-state index contributed by atoms with van der Waals surface area (Å²) in [5.74, 6) is 1.74. The lowest BCUT2D eigenvalue weighted by atomic mass is 9.70. The minimum Gasteiger partial charge on any atom is -0.317 e. The fourth-order valence-electron chi connectivity index (χ4n) is 4.13. The summed E-state index contributed by atoms with van der Waals surface area (Å²) in [4.78, 5) is 2.61. The van der Waals surface area contributed by atoms with Crippen LogP contribution in [0.3, 0.4) is 0 Å². The van der Waals surface area contributed by atoms with Crippen molar-refractivity contribution in [2.24, 2.45) is 5.41 Å². The highest BCUT2D eigenvalue weighted by atomic mass is 15.3. The molecule has 1 N–H and O–H groups in total. The Morgan fingerprint density at radius 2 is 2.14 bits per heavy atom. The van der Waals surface area contributed by atoms with Crippen LogP contribution in [0, 0.1) is 5.41 Å². The Morgan fingerprint density at radius 1 is 1.38 bits per heavy atom. The minimum atomic E-state index is 0.393. The van der Waals surface area contributed by atoms with Crippen molar-refractivity contribution in [3.8, 4) is 0 Å². The van der Waals surface area contributed by atoms with Crippen LogP contribution < -0.4 is 5.32 Å². The molecule has 3 rings (SSSR count). The summed E-state index contributed by atoms with van der Waals surface area (Å²) in [6, 6.07) is 0.666. The Balaban J connectivity index is 1.78. The monoisotopic (exact) mass is 291 g/mol. The maximum Gasteiger partial charge on any atom is 0.137 e. The number of aromatic nitrogens is 3. The van der Waals surface area contributed by atoms with Crippen LogP contribution in [0.5, 0.6) is 0 Å². The van der Waals surface area contributed by atoms with Gasteiger partial charge in [-0.3, -0.25) is 0 Å². The van der Waals surface area contributed by atoms with Crippen molar-refractivity contribution in [1.29, 1.82) is 0 Å². The Kier molecular flexibility index (Phi) is 4.31. The molecule has 5 heteroatoms. The lowest BCUT2D eigenvalue weighted by Crippen LogP contribution is -2.46. The first-order valence-corrected chi connectivity index (χ1v) is 8.49. The van der Waals surface area contributed by atoms with Crippen LogP contribution in [0.15, 0.2) is 6.33 Å². The molecule has 2 saturated heterocycles. The highest BCUT2D eigenvalue weighted by Crippen LogP contribution is 2.46. The smallest absolute Gasteiger partial charge is 0.137 e. The summed E-state index contributed by atoms with van der Waals surface area (Å²) < 4.78 is 2.27. The van der Waals surface area contributed by atoms with Gasteiger partial charge in [-0.15, -0.1) is 10.2 Å². The average molecular weight is 291 g/mol. The van der Waals surface area contributed by atoms with E-state index < -0.39 is 0 Å². The van der Waals surface area contributed by atoms with Crippen molar-refractivity contribution in [1.82, 2.24) is 25.0 Å². The summed E-state index contributed by atoms with van der Waals surface area (Å²) >= 11 is 0. The molecule has 5 nitrogen and oxygen atoms in total. The Morgan fingerprint density at radius 3 is 2.81 bits per heavy atom. The number of aryl methyl sites for hydroxylation is 1. The van der Waals surface area contributed by atoms with Gasteiger partial charge in [0.25, 0.3) is 0 Å². The van der Waals surface area contributed by atoms with E-state index in [-0.39, 0.29) is 0 Å². The first-order valence-electron chi connectivity index (χ1n) is 8.49. The highest BCUT2D eigenvalue weighted by Gasteiger charge is 2.47. The summed E-state index contributed by atoms with van der Waals surface area (Å²) in [6.07, 6.45) is 5.61. The minimum absolute atomic E-state index is 0.393. The largest absolute Gasteiger partial charge is 0.317 e. The zero-order valence-corrected chi connectivity index (χ0v) is 13.7. The standard InChI is InChI=1S/C16H29N5/c1-4-7-21-12-18-19-15(21)14-10-17-11-16(14)5-8-20(9-6-16)13(2)3/h12-14,17H,4-11H2,1-3H3. The van der Waals surface area contributed by atoms with Crippen LogP contribution in [0.4, 0.5) is 0 Å². The summed E-state index contributed by atoms with van der Waals surface area (Å²) in [6.45, 7) is 12.5. The molecule has 1 aromatic heterocycles. The van der Waals surface area contributed by atoms with Gasteiger partial charge in [0.15, 0.2) is 0 Å². The lowest BCUT2D eigenvalue weighted by molar-refractivity contribution is 0.0816. The molecule has 1 unspecified atom stereocenters. The van der Waals surface area contributed by atoms with E-state index in [2.05, 4.69) is 45.8 Å². The topological polar surface area (TPSA) is 46.0 Å². The van der Waals surface area contributed by atoms with Crippen molar-refractivity contribution in [3.05, 3.63) is 12.2 Å². The number of nitrogens with one attached hydrogen (secondary N) is 1. The van der Waals surface area contributed by atoms with E-state index in [1.165, 1.54) is 31.8 Å². The van der Waals surface area contributed by atoms with Gasteiger partial charge in [-0.05, 0) is 51.6 Å². The van der Waals surface area contributed by atoms with Gasteiger partial charge in [0, 0.05) is 31.6 Å². The van der Waals surface area contributed by atoms with Gasteiger partial charge in [-0.2, -0.15) is 0 Å². The first kappa shape index (κ1) is 15.0. The molecular formula is C16H29N5. The van der Waals surface area contributed by atoms with Crippen LogP contribution >= 0.6 is 0 Å². The van der Waals surface area contributed by atoms with E-state index >= 15 is 0 Å². The number of hydrogen-bond donors (Lipinski definition) is 1. The van der Waals surface area contributed by atoms with Gasteiger partial charge >= 0.3 is 0 Å². The molecule has 1 spiro atoms. The van der Waals surface area contributed by atoms with E-state index in [1.807, 2.05) is 6.33 Å². The number of nitrogens with zero attached hydrogens (tertiary/aromatic N) is 4. The van der Waals surface area contributed by atoms with Gasteiger partial charge in [0.05, 0.1) is 0 Å². The van der Waals surface area contributed by atoms with Crippen molar-refractivity contribution in [2.75, 3.05) is 26.2 Å². The van der Waals surface area contributed by atoms with Crippen LogP contribution in [-0.4, -0.2) is 51.9 Å². The predicted molar refractivity (Wildman–Crippen MR) is 84.3 cm³/mol. The maximum atomic E-state index is 4.48. The molecule has 1 atom stereocenters. The molecule has 0 saturated carbocycles. The van der Waals surface area contributed by atoms with Crippen molar-refractivity contribution < 1.29 is 0 Å². The Hall–Kier alpha value is -0.940. The molecule has 2 fully saturated rings. The molecule has 0 bridgehead atoms. The summed E-state index contributed by atoms with van der Waals surface area (Å²) in [7, 11) is 0. The van der Waals surface area contributed by atoms with Crippen LogP contribution in [0.1, 0.15) is 51.8 Å². The SMILES string of the molecule is CCCn1cnnc1C1CNCC12CCN(C(C)C)CC2. The quantitative estimate of drug-likeness (QED) is 0.920. The second kappa shape index (κ2) is 6.05. The van der Waals surface area contributed by atoms with Gasteiger partial charge < -0.3 is 14.8 Å². The Bertz CT molecular complexity index is 459. The fourth-order valence-corrected chi connectivity index (χ4v) is 4.13. The molecule has 21 heavy (non-hydrogen) atoms. The summed E-state index contributed by atoms with van der Waals surface area (Å²) in [5, 5.41) is 12.3. The van der Waals surface area contributed by atoms with Crippen LogP contribution in [-0.2, 0) is 6.54 Å². The van der Waals surface area contributed by atoms with E-state index in [0.29, 0.717) is 17.4 Å². The summed E-state index contributed by atoms with van der Waals surface area (Å²) in [5.41, 5.74) is 0.393. The molecule has 2 aliphatic rings. The first-order chi connectivity index (χ1) is 10.2. The zero-order valence-electron chi connectivity index (χ0n) is 13.7. The van der Waals surface area contributed by atoms with Crippen molar-refractivity contribution in [2.45, 2.75) is 58.5 Å². The van der Waals surface area contributed by atoms with Gasteiger partial charge in [0.1, 0.15) is 12.2 Å². The third-order valence-electron chi connectivity index (χ3n) is 5.51. The maximum absolute atomic E-state index is 4.48. The van der Waals surface area contributed by atoms with Crippen LogP contribution in [0.25, 0.3) is 0 Å². The van der Waals surface area contributed by atoms with Crippen LogP contribution in [0.2, 0.25) is 0 Å². The second-order valence-corrected chi connectivity index (χ2v) is 7.06. The zero-order chi connectivity index (χ0) is 14.9. The molecular weight excluding hydrogens is 262 g/mol.